The first kappa shape index (κ1) is 12.5. The molecular formula is C14H16F2N2O. The van der Waals surface area contributed by atoms with Crippen molar-refractivity contribution in [1.82, 2.24) is 9.55 Å². The molecule has 5 heteroatoms. The third kappa shape index (κ3) is 2.61. The van der Waals surface area contributed by atoms with Crippen molar-refractivity contribution in [2.24, 2.45) is 0 Å². The fourth-order valence-corrected chi connectivity index (χ4v) is 2.59. The topological polar surface area (TPSA) is 27.1 Å². The maximum absolute atomic E-state index is 13.2. The van der Waals surface area contributed by atoms with Gasteiger partial charge < -0.3 is 9.30 Å². The lowest BCUT2D eigenvalue weighted by Crippen LogP contribution is -2.06. The van der Waals surface area contributed by atoms with E-state index in [1.807, 2.05) is 4.57 Å². The molecule has 0 aliphatic carbocycles. The van der Waals surface area contributed by atoms with Crippen molar-refractivity contribution in [2.45, 2.75) is 38.3 Å². The first-order valence-corrected chi connectivity index (χ1v) is 6.65. The van der Waals surface area contributed by atoms with E-state index in [1.165, 1.54) is 6.07 Å². The van der Waals surface area contributed by atoms with E-state index in [0.29, 0.717) is 17.1 Å². The van der Waals surface area contributed by atoms with Crippen molar-refractivity contribution < 1.29 is 13.5 Å². The smallest absolute Gasteiger partial charge is 0.161 e. The van der Waals surface area contributed by atoms with Crippen molar-refractivity contribution in [1.29, 1.82) is 0 Å². The lowest BCUT2D eigenvalue weighted by molar-refractivity contribution is 0.101. The minimum atomic E-state index is -0.850. The Kier molecular flexibility index (Phi) is 3.46. The third-order valence-electron chi connectivity index (χ3n) is 3.61. The van der Waals surface area contributed by atoms with Gasteiger partial charge in [-0.25, -0.2) is 13.8 Å². The summed E-state index contributed by atoms with van der Waals surface area (Å²) < 4.78 is 33.7. The van der Waals surface area contributed by atoms with Gasteiger partial charge in [0.05, 0.1) is 23.5 Å². The summed E-state index contributed by atoms with van der Waals surface area (Å²) >= 11 is 0. The number of hydrogen-bond donors (Lipinski definition) is 0. The van der Waals surface area contributed by atoms with Crippen LogP contribution in [0.25, 0.3) is 11.0 Å². The molecule has 19 heavy (non-hydrogen) atoms. The number of hydrogen-bond acceptors (Lipinski definition) is 2. The normalized spacial score (nSPS) is 19.4. The van der Waals surface area contributed by atoms with Crippen molar-refractivity contribution in [3.8, 4) is 0 Å². The second-order valence-corrected chi connectivity index (χ2v) is 4.97. The molecule has 2 aromatic rings. The zero-order valence-corrected chi connectivity index (χ0v) is 10.6. The van der Waals surface area contributed by atoms with Crippen LogP contribution in [0.3, 0.4) is 0 Å². The first-order valence-electron chi connectivity index (χ1n) is 6.65. The molecule has 0 spiro atoms. The van der Waals surface area contributed by atoms with Gasteiger partial charge in [0, 0.05) is 25.3 Å². The Balaban J connectivity index is 1.68. The maximum Gasteiger partial charge on any atom is 0.161 e. The number of ether oxygens (including phenoxy) is 1. The summed E-state index contributed by atoms with van der Waals surface area (Å²) in [5, 5.41) is 0. The lowest BCUT2D eigenvalue weighted by atomic mass is 10.1. The van der Waals surface area contributed by atoms with E-state index in [9.17, 15) is 8.78 Å². The number of rotatable bonds is 4. The van der Waals surface area contributed by atoms with Gasteiger partial charge in [-0.15, -0.1) is 0 Å². The van der Waals surface area contributed by atoms with Crippen LogP contribution in [0.4, 0.5) is 8.78 Å². The molecule has 1 aliphatic heterocycles. The fourth-order valence-electron chi connectivity index (χ4n) is 2.59. The third-order valence-corrected chi connectivity index (χ3v) is 3.61. The molecule has 0 saturated carbocycles. The molecule has 0 bridgehead atoms. The van der Waals surface area contributed by atoms with Gasteiger partial charge in [0.1, 0.15) is 0 Å². The second-order valence-electron chi connectivity index (χ2n) is 4.97. The van der Waals surface area contributed by atoms with E-state index < -0.39 is 11.6 Å². The zero-order chi connectivity index (χ0) is 13.2. The van der Waals surface area contributed by atoms with Gasteiger partial charge in [0.25, 0.3) is 0 Å². The van der Waals surface area contributed by atoms with Crippen LogP contribution in [-0.4, -0.2) is 22.3 Å². The highest BCUT2D eigenvalue weighted by Gasteiger charge is 2.15. The predicted molar refractivity (Wildman–Crippen MR) is 67.9 cm³/mol. The van der Waals surface area contributed by atoms with Crippen molar-refractivity contribution in [3.05, 3.63) is 30.1 Å². The summed E-state index contributed by atoms with van der Waals surface area (Å²) in [6.07, 6.45) is 6.23. The van der Waals surface area contributed by atoms with E-state index in [4.69, 9.17) is 4.74 Å². The van der Waals surface area contributed by atoms with Crippen LogP contribution in [0.15, 0.2) is 18.5 Å². The summed E-state index contributed by atoms with van der Waals surface area (Å²) in [6, 6.07) is 2.35. The minimum absolute atomic E-state index is 0.365. The summed E-state index contributed by atoms with van der Waals surface area (Å²) in [4.78, 5) is 4.10. The Hall–Kier alpha value is -1.49. The summed E-state index contributed by atoms with van der Waals surface area (Å²) in [6.45, 7) is 1.62. The van der Waals surface area contributed by atoms with Gasteiger partial charge >= 0.3 is 0 Å². The SMILES string of the molecule is Fc1cc2ncn(CCCC3CCCO3)c2cc1F. The number of aryl methyl sites for hydroxylation is 1. The van der Waals surface area contributed by atoms with Gasteiger partial charge in [-0.05, 0) is 25.7 Å². The largest absolute Gasteiger partial charge is 0.378 e. The molecular weight excluding hydrogens is 250 g/mol. The van der Waals surface area contributed by atoms with Crippen molar-refractivity contribution in [3.63, 3.8) is 0 Å². The fraction of sp³-hybridized carbons (Fsp3) is 0.500. The number of aromatic nitrogens is 2. The van der Waals surface area contributed by atoms with E-state index >= 15 is 0 Å². The Morgan fingerprint density at radius 2 is 2.16 bits per heavy atom. The van der Waals surface area contributed by atoms with Gasteiger partial charge in [-0.3, -0.25) is 0 Å². The summed E-state index contributed by atoms with van der Waals surface area (Å²) in [7, 11) is 0. The maximum atomic E-state index is 13.2. The number of fused-ring (bicyclic) bond motifs is 1. The van der Waals surface area contributed by atoms with Gasteiger partial charge in [-0.1, -0.05) is 0 Å². The van der Waals surface area contributed by atoms with E-state index in [1.54, 1.807) is 6.33 Å². The molecule has 3 nitrogen and oxygen atoms in total. The lowest BCUT2D eigenvalue weighted by Gasteiger charge is -2.09. The Morgan fingerprint density at radius 3 is 2.95 bits per heavy atom. The Labute approximate surface area is 110 Å². The molecule has 2 heterocycles. The van der Waals surface area contributed by atoms with E-state index in [0.717, 1.165) is 44.9 Å². The number of halogens is 2. The van der Waals surface area contributed by atoms with Gasteiger partial charge in [0.2, 0.25) is 0 Å². The Morgan fingerprint density at radius 1 is 1.32 bits per heavy atom. The highest BCUT2D eigenvalue weighted by Crippen LogP contribution is 2.20. The van der Waals surface area contributed by atoms with Crippen LogP contribution < -0.4 is 0 Å². The molecule has 0 amide bonds. The monoisotopic (exact) mass is 266 g/mol. The van der Waals surface area contributed by atoms with Gasteiger partial charge in [0.15, 0.2) is 11.6 Å². The van der Waals surface area contributed by atoms with Crippen molar-refractivity contribution in [2.75, 3.05) is 6.61 Å². The molecule has 1 aromatic heterocycles. The van der Waals surface area contributed by atoms with Crippen molar-refractivity contribution >= 4 is 11.0 Å². The molecule has 1 fully saturated rings. The average molecular weight is 266 g/mol. The molecule has 102 valence electrons. The van der Waals surface area contributed by atoms with Crippen LogP contribution in [-0.2, 0) is 11.3 Å². The van der Waals surface area contributed by atoms with Gasteiger partial charge in [-0.2, -0.15) is 0 Å². The molecule has 1 saturated heterocycles. The zero-order valence-electron chi connectivity index (χ0n) is 10.6. The first-order chi connectivity index (χ1) is 9.24. The molecule has 1 aromatic carbocycles. The number of nitrogens with zero attached hydrogens (tertiary/aromatic N) is 2. The van der Waals surface area contributed by atoms with Crippen LogP contribution in [0.2, 0.25) is 0 Å². The van der Waals surface area contributed by atoms with Crippen LogP contribution in [0.5, 0.6) is 0 Å². The Bertz CT molecular complexity index is 576. The molecule has 1 unspecified atom stereocenters. The standard InChI is InChI=1S/C14H16F2N2O/c15-11-7-13-14(8-12(11)16)18(9-17-13)5-1-3-10-4-2-6-19-10/h7-10H,1-6H2. The summed E-state index contributed by atoms with van der Waals surface area (Å²) in [5.74, 6) is -1.68. The quantitative estimate of drug-likeness (QED) is 0.849. The van der Waals surface area contributed by atoms with Crippen LogP contribution >= 0.6 is 0 Å². The van der Waals surface area contributed by atoms with E-state index in [-0.39, 0.29) is 0 Å². The molecule has 1 aliphatic rings. The second kappa shape index (κ2) is 5.25. The van der Waals surface area contributed by atoms with E-state index in [2.05, 4.69) is 4.98 Å². The number of benzene rings is 1. The number of imidazole rings is 1. The predicted octanol–water partition coefficient (Wildman–Crippen LogP) is 3.27. The molecule has 0 radical (unpaired) electrons. The highest BCUT2D eigenvalue weighted by molar-refractivity contribution is 5.75. The summed E-state index contributed by atoms with van der Waals surface area (Å²) in [5.41, 5.74) is 1.14. The minimum Gasteiger partial charge on any atom is -0.378 e. The molecule has 0 N–H and O–H groups in total. The molecule has 1 atom stereocenters. The highest BCUT2D eigenvalue weighted by atomic mass is 19.2. The van der Waals surface area contributed by atoms with Crippen LogP contribution in [0, 0.1) is 11.6 Å². The molecule has 3 rings (SSSR count). The van der Waals surface area contributed by atoms with Crippen LogP contribution in [0.1, 0.15) is 25.7 Å². The average Bonchev–Trinajstić information content (AvgIpc) is 3.02.